The molecular formula is C64H44. The van der Waals surface area contributed by atoms with Gasteiger partial charge in [-0.25, -0.2) is 0 Å². The average molecular weight is 813 g/mol. The Labute approximate surface area is 378 Å². The summed E-state index contributed by atoms with van der Waals surface area (Å²) in [6.07, 6.45) is 0. The highest BCUT2D eigenvalue weighted by Crippen LogP contribution is 2.65. The molecule has 0 unspecified atom stereocenters. The maximum atomic E-state index is 3.76. The predicted octanol–water partition coefficient (Wildman–Crippen LogP) is 13.4. The van der Waals surface area contributed by atoms with Crippen molar-refractivity contribution < 1.29 is 0 Å². The van der Waals surface area contributed by atoms with Gasteiger partial charge in [-0.3, -0.25) is 0 Å². The third kappa shape index (κ3) is 6.93. The van der Waals surface area contributed by atoms with Crippen molar-refractivity contribution in [1.82, 2.24) is 0 Å². The molecule has 0 saturated heterocycles. The fraction of sp³-hybridized carbons (Fsp3) is 0.125. The molecule has 64 heavy (non-hydrogen) atoms. The monoisotopic (exact) mass is 812 g/mol. The standard InChI is InChI=1S/C64H44/c1-41-13-5-17-45(37-41)29-33-49-21-9-25-53-57(49)63-58-50(34-30-46-18-6-14-42(2)38-46)22-10-26-54(58)61(53)62-55-27-11-23-51(35-31-47-19-7-15-43(3)39-47)59(55)64(63)60-52(24-12-28-56(60)62)36-32-48-20-8-16-44(4)40-48/h5-28,37-40,61-64H,1-4H3. The van der Waals surface area contributed by atoms with Crippen LogP contribution in [0, 0.1) is 75.1 Å². The van der Waals surface area contributed by atoms with Crippen molar-refractivity contribution >= 4 is 0 Å². The van der Waals surface area contributed by atoms with Crippen molar-refractivity contribution in [2.45, 2.75) is 51.4 Å². The second-order valence-corrected chi connectivity index (χ2v) is 17.6. The molecule has 0 atom stereocenters. The van der Waals surface area contributed by atoms with Crippen molar-refractivity contribution in [3.63, 3.8) is 0 Å². The SMILES string of the molecule is Cc1cccc(C#Cc2cccc3c2C2c4c(C#Cc5cccc(C)c5)cccc4C3C3c4cccc(C#Cc5cccc(C)c5)c4C2c2c(C#Cc4cccc(C)c4)cccc23)c1. The van der Waals surface area contributed by atoms with E-state index < -0.39 is 0 Å². The largest absolute Gasteiger partial charge is 0.0616 e. The van der Waals surface area contributed by atoms with Crippen molar-refractivity contribution in [2.24, 2.45) is 0 Å². The minimum atomic E-state index is -0.144. The third-order valence-corrected chi connectivity index (χ3v) is 13.2. The van der Waals surface area contributed by atoms with Crippen molar-refractivity contribution in [3.05, 3.63) is 281 Å². The lowest BCUT2D eigenvalue weighted by Gasteiger charge is -2.51. The first-order valence-corrected chi connectivity index (χ1v) is 22.2. The van der Waals surface area contributed by atoms with Gasteiger partial charge in [0.25, 0.3) is 0 Å². The van der Waals surface area contributed by atoms with E-state index in [-0.39, 0.29) is 23.7 Å². The number of rotatable bonds is 0. The molecule has 4 bridgehead atoms. The zero-order chi connectivity index (χ0) is 43.3. The van der Waals surface area contributed by atoms with Gasteiger partial charge in [-0.2, -0.15) is 0 Å². The Bertz CT molecular complexity index is 3030. The smallest absolute Gasteiger partial charge is 0.0290 e. The number of aryl methyl sites for hydroxylation is 4. The molecule has 6 aliphatic rings. The molecule has 8 aromatic carbocycles. The first kappa shape index (κ1) is 38.9. The molecule has 0 spiro atoms. The van der Waals surface area contributed by atoms with Gasteiger partial charge in [0.2, 0.25) is 0 Å². The Morgan fingerprint density at radius 1 is 0.250 bits per heavy atom. The lowest BCUT2D eigenvalue weighted by Crippen LogP contribution is -2.37. The second kappa shape index (κ2) is 16.0. The van der Waals surface area contributed by atoms with Crippen LogP contribution in [-0.4, -0.2) is 0 Å². The fourth-order valence-electron chi connectivity index (χ4n) is 10.7. The molecule has 0 heterocycles. The van der Waals surface area contributed by atoms with Crippen LogP contribution < -0.4 is 0 Å². The van der Waals surface area contributed by atoms with E-state index in [4.69, 9.17) is 0 Å². The Balaban J connectivity index is 1.24. The zero-order valence-electron chi connectivity index (χ0n) is 36.5. The van der Waals surface area contributed by atoms with E-state index in [1.165, 1.54) is 66.8 Å². The van der Waals surface area contributed by atoms with E-state index in [2.05, 4.69) is 245 Å². The van der Waals surface area contributed by atoms with Gasteiger partial charge in [-0.15, -0.1) is 0 Å². The molecule has 0 nitrogen and oxygen atoms in total. The second-order valence-electron chi connectivity index (χ2n) is 17.6. The van der Waals surface area contributed by atoms with Crippen LogP contribution >= 0.6 is 0 Å². The van der Waals surface area contributed by atoms with E-state index in [0.29, 0.717) is 0 Å². The molecule has 0 radical (unpaired) electrons. The van der Waals surface area contributed by atoms with Crippen LogP contribution in [0.15, 0.2) is 170 Å². The Morgan fingerprint density at radius 2 is 0.484 bits per heavy atom. The minimum absolute atomic E-state index is 0.0126. The predicted molar refractivity (Wildman–Crippen MR) is 262 cm³/mol. The van der Waals surface area contributed by atoms with Crippen LogP contribution in [0.1, 0.15) is 135 Å². The van der Waals surface area contributed by atoms with Crippen LogP contribution in [0.25, 0.3) is 0 Å². The molecule has 0 saturated carbocycles. The topological polar surface area (TPSA) is 0 Å². The first-order valence-electron chi connectivity index (χ1n) is 22.2. The highest BCUT2D eigenvalue weighted by Gasteiger charge is 2.52. The normalized spacial score (nSPS) is 16.6. The van der Waals surface area contributed by atoms with Crippen molar-refractivity contribution in [1.29, 1.82) is 0 Å². The van der Waals surface area contributed by atoms with Gasteiger partial charge < -0.3 is 0 Å². The Hall–Kier alpha value is -8.00. The minimum Gasteiger partial charge on any atom is -0.0616 e. The summed E-state index contributed by atoms with van der Waals surface area (Å²) >= 11 is 0. The van der Waals surface area contributed by atoms with Crippen LogP contribution in [-0.2, 0) is 0 Å². The maximum Gasteiger partial charge on any atom is 0.0290 e. The van der Waals surface area contributed by atoms with Crippen LogP contribution in [0.2, 0.25) is 0 Å². The van der Waals surface area contributed by atoms with Gasteiger partial charge in [0.05, 0.1) is 0 Å². The molecule has 14 rings (SSSR count). The zero-order valence-corrected chi connectivity index (χ0v) is 36.5. The summed E-state index contributed by atoms with van der Waals surface area (Å²) in [6.45, 7) is 8.51. The number of hydrogen-bond donors (Lipinski definition) is 0. The van der Waals surface area contributed by atoms with E-state index >= 15 is 0 Å². The van der Waals surface area contributed by atoms with Crippen LogP contribution in [0.5, 0.6) is 0 Å². The fourth-order valence-corrected chi connectivity index (χ4v) is 10.7. The molecule has 0 amide bonds. The summed E-state index contributed by atoms with van der Waals surface area (Å²) < 4.78 is 0. The van der Waals surface area contributed by atoms with Gasteiger partial charge in [0, 0.05) is 68.2 Å². The van der Waals surface area contributed by atoms with Gasteiger partial charge >= 0.3 is 0 Å². The van der Waals surface area contributed by atoms with Crippen molar-refractivity contribution in [3.8, 4) is 47.4 Å². The lowest BCUT2D eigenvalue weighted by molar-refractivity contribution is 0.526. The lowest BCUT2D eigenvalue weighted by atomic mass is 9.51. The summed E-state index contributed by atoms with van der Waals surface area (Å²) in [7, 11) is 0. The van der Waals surface area contributed by atoms with Gasteiger partial charge in [-0.1, -0.05) is 144 Å². The summed E-state index contributed by atoms with van der Waals surface area (Å²) in [5.74, 6) is 29.2. The average Bonchev–Trinajstić information content (AvgIpc) is 3.29. The summed E-state index contributed by atoms with van der Waals surface area (Å²) in [6, 6.07) is 61.4. The van der Waals surface area contributed by atoms with Gasteiger partial charge in [0.1, 0.15) is 0 Å². The molecule has 0 N–H and O–H groups in total. The molecule has 0 aliphatic heterocycles. The number of benzene rings is 8. The summed E-state index contributed by atoms with van der Waals surface area (Å²) in [4.78, 5) is 0. The highest BCUT2D eigenvalue weighted by atomic mass is 14.5. The molecule has 300 valence electrons. The van der Waals surface area contributed by atoms with Crippen molar-refractivity contribution in [2.75, 3.05) is 0 Å². The molecule has 0 heteroatoms. The first-order chi connectivity index (χ1) is 31.4. The third-order valence-electron chi connectivity index (χ3n) is 13.2. The molecule has 0 fully saturated rings. The quantitative estimate of drug-likeness (QED) is 0.134. The van der Waals surface area contributed by atoms with E-state index in [9.17, 15) is 0 Å². The number of hydrogen-bond acceptors (Lipinski definition) is 0. The van der Waals surface area contributed by atoms with Crippen LogP contribution in [0.4, 0.5) is 0 Å². The Kier molecular flexibility index (Phi) is 9.75. The highest BCUT2D eigenvalue weighted by molar-refractivity contribution is 5.76. The molecule has 0 aromatic heterocycles. The van der Waals surface area contributed by atoms with Gasteiger partial charge in [0.15, 0.2) is 0 Å². The summed E-state index contributed by atoms with van der Waals surface area (Å²) in [5, 5.41) is 0. The molecule has 6 aliphatic carbocycles. The summed E-state index contributed by atoms with van der Waals surface area (Å²) in [5.41, 5.74) is 23.6. The Morgan fingerprint density at radius 3 is 0.719 bits per heavy atom. The van der Waals surface area contributed by atoms with E-state index in [0.717, 1.165) is 44.5 Å². The van der Waals surface area contributed by atoms with Crippen LogP contribution in [0.3, 0.4) is 0 Å². The van der Waals surface area contributed by atoms with Gasteiger partial charge in [-0.05, 0) is 167 Å². The maximum absolute atomic E-state index is 3.76. The van der Waals surface area contributed by atoms with E-state index in [1.54, 1.807) is 0 Å². The molecule has 8 aromatic rings. The molecular weight excluding hydrogens is 769 g/mol. The van der Waals surface area contributed by atoms with E-state index in [1.807, 2.05) is 0 Å².